The lowest BCUT2D eigenvalue weighted by atomic mass is 10.1. The summed E-state index contributed by atoms with van der Waals surface area (Å²) in [5, 5.41) is 15.6. The molecular formula is C12H12FN3O3. The molecule has 0 aliphatic carbocycles. The smallest absolute Gasteiger partial charge is 0.340 e. The molecule has 0 aliphatic heterocycles. The van der Waals surface area contributed by atoms with E-state index in [2.05, 4.69) is 10.5 Å². The van der Waals surface area contributed by atoms with E-state index in [0.717, 1.165) is 6.07 Å². The molecule has 1 aromatic heterocycles. The van der Waals surface area contributed by atoms with E-state index >= 15 is 0 Å². The number of aryl methyl sites for hydroxylation is 1. The zero-order valence-corrected chi connectivity index (χ0v) is 10.1. The lowest BCUT2D eigenvalue weighted by Gasteiger charge is -2.10. The average molecular weight is 265 g/mol. The number of nitrogens with one attached hydrogen (secondary N) is 1. The quantitative estimate of drug-likeness (QED) is 0.731. The highest BCUT2D eigenvalue weighted by Gasteiger charge is 2.17. The zero-order valence-electron chi connectivity index (χ0n) is 10.1. The van der Waals surface area contributed by atoms with Gasteiger partial charge in [-0.1, -0.05) is 5.16 Å². The maximum absolute atomic E-state index is 13.2. The molecule has 0 radical (unpaired) electrons. The predicted octanol–water partition coefficient (Wildman–Crippen LogP) is 2.01. The third kappa shape index (κ3) is 2.65. The van der Waals surface area contributed by atoms with Crippen LogP contribution in [-0.4, -0.2) is 16.2 Å². The number of carboxylic acid groups (broad SMARTS) is 1. The molecule has 0 atom stereocenters. The maximum atomic E-state index is 13.2. The highest BCUT2D eigenvalue weighted by Crippen LogP contribution is 2.25. The van der Waals surface area contributed by atoms with E-state index in [1.807, 2.05) is 0 Å². The van der Waals surface area contributed by atoms with Crippen molar-refractivity contribution in [3.63, 3.8) is 0 Å². The van der Waals surface area contributed by atoms with Crippen molar-refractivity contribution in [1.29, 1.82) is 0 Å². The molecule has 0 amide bonds. The number of anilines is 2. The van der Waals surface area contributed by atoms with Crippen molar-refractivity contribution >= 4 is 17.3 Å². The van der Waals surface area contributed by atoms with E-state index in [9.17, 15) is 9.18 Å². The number of benzene rings is 1. The third-order valence-electron chi connectivity index (χ3n) is 2.54. The van der Waals surface area contributed by atoms with E-state index in [0.29, 0.717) is 11.5 Å². The van der Waals surface area contributed by atoms with Gasteiger partial charge in [0.1, 0.15) is 11.4 Å². The fraction of sp³-hybridized carbons (Fsp3) is 0.167. The molecule has 0 aliphatic rings. The van der Waals surface area contributed by atoms with Crippen LogP contribution in [0.2, 0.25) is 0 Å². The highest BCUT2D eigenvalue weighted by molar-refractivity contribution is 6.00. The van der Waals surface area contributed by atoms with Gasteiger partial charge in [0.25, 0.3) is 0 Å². The van der Waals surface area contributed by atoms with Gasteiger partial charge in [-0.25, -0.2) is 9.18 Å². The van der Waals surface area contributed by atoms with Crippen molar-refractivity contribution < 1.29 is 18.8 Å². The van der Waals surface area contributed by atoms with E-state index in [1.54, 1.807) is 13.0 Å². The van der Waals surface area contributed by atoms with Gasteiger partial charge in [0.05, 0.1) is 23.6 Å². The zero-order chi connectivity index (χ0) is 14.0. The van der Waals surface area contributed by atoms with Gasteiger partial charge in [-0.2, -0.15) is 0 Å². The van der Waals surface area contributed by atoms with Crippen LogP contribution in [0.5, 0.6) is 0 Å². The second-order valence-electron chi connectivity index (χ2n) is 3.98. The Morgan fingerprint density at radius 1 is 1.58 bits per heavy atom. The number of halogens is 1. The number of carbonyl (C=O) groups is 1. The average Bonchev–Trinajstić information content (AvgIpc) is 2.76. The molecule has 4 N–H and O–H groups in total. The van der Waals surface area contributed by atoms with Crippen LogP contribution < -0.4 is 11.1 Å². The van der Waals surface area contributed by atoms with Gasteiger partial charge < -0.3 is 20.7 Å². The van der Waals surface area contributed by atoms with Crippen molar-refractivity contribution in [3.8, 4) is 0 Å². The van der Waals surface area contributed by atoms with Crippen LogP contribution in [0.15, 0.2) is 22.7 Å². The summed E-state index contributed by atoms with van der Waals surface area (Å²) in [5.41, 5.74) is 5.67. The van der Waals surface area contributed by atoms with E-state index < -0.39 is 17.5 Å². The number of hydrogen-bond acceptors (Lipinski definition) is 5. The highest BCUT2D eigenvalue weighted by atomic mass is 19.1. The number of hydrogen-bond donors (Lipinski definition) is 3. The summed E-state index contributed by atoms with van der Waals surface area (Å²) in [4.78, 5) is 11.1. The van der Waals surface area contributed by atoms with Gasteiger partial charge >= 0.3 is 5.97 Å². The van der Waals surface area contributed by atoms with Crippen LogP contribution in [0.3, 0.4) is 0 Å². The summed E-state index contributed by atoms with van der Waals surface area (Å²) >= 11 is 0. The molecule has 1 aromatic carbocycles. The first-order chi connectivity index (χ1) is 8.99. The fourth-order valence-corrected chi connectivity index (χ4v) is 1.65. The van der Waals surface area contributed by atoms with Crippen LogP contribution >= 0.6 is 0 Å². The minimum absolute atomic E-state index is 0.223. The number of carboxylic acids is 1. The Hall–Kier alpha value is -2.57. The number of nitrogens with two attached hydrogens (primary N) is 1. The van der Waals surface area contributed by atoms with Crippen LogP contribution in [0.1, 0.15) is 21.8 Å². The second-order valence-corrected chi connectivity index (χ2v) is 3.98. The molecule has 0 saturated carbocycles. The molecule has 100 valence electrons. The first-order valence-corrected chi connectivity index (χ1v) is 5.46. The Bertz CT molecular complexity index is 625. The van der Waals surface area contributed by atoms with E-state index in [-0.39, 0.29) is 17.8 Å². The van der Waals surface area contributed by atoms with Crippen molar-refractivity contribution in [2.75, 3.05) is 11.1 Å². The number of aromatic nitrogens is 1. The first-order valence-electron chi connectivity index (χ1n) is 5.46. The monoisotopic (exact) mass is 265 g/mol. The van der Waals surface area contributed by atoms with Gasteiger partial charge in [0.15, 0.2) is 5.76 Å². The Balaban J connectivity index is 2.25. The Kier molecular flexibility index (Phi) is 3.37. The minimum Gasteiger partial charge on any atom is -0.478 e. The number of nitrogen functional groups attached to an aromatic ring is 1. The molecule has 1 heterocycles. The molecular weight excluding hydrogens is 253 g/mol. The van der Waals surface area contributed by atoms with Crippen LogP contribution in [-0.2, 0) is 6.54 Å². The summed E-state index contributed by atoms with van der Waals surface area (Å²) in [6.45, 7) is 2.00. The summed E-state index contributed by atoms with van der Waals surface area (Å²) < 4.78 is 18.2. The standard InChI is InChI=1S/C12H12FN3O3/c1-6-4-7(19-16-6)5-15-9-3-2-8(13)11(14)10(9)12(17)18/h2-4,15H,5,14H2,1H3,(H,17,18). The number of aromatic carboxylic acids is 1. The number of nitrogens with zero attached hydrogens (tertiary/aromatic N) is 1. The molecule has 2 aromatic rings. The Morgan fingerprint density at radius 3 is 2.89 bits per heavy atom. The molecule has 0 bridgehead atoms. The lowest BCUT2D eigenvalue weighted by molar-refractivity contribution is 0.0698. The summed E-state index contributed by atoms with van der Waals surface area (Å²) in [7, 11) is 0. The largest absolute Gasteiger partial charge is 0.478 e. The molecule has 19 heavy (non-hydrogen) atoms. The van der Waals surface area contributed by atoms with Crippen LogP contribution in [0.25, 0.3) is 0 Å². The van der Waals surface area contributed by atoms with Crippen molar-refractivity contribution in [1.82, 2.24) is 5.16 Å². The number of rotatable bonds is 4. The fourth-order valence-electron chi connectivity index (χ4n) is 1.65. The molecule has 0 unspecified atom stereocenters. The van der Waals surface area contributed by atoms with Gasteiger partial charge in [-0.05, 0) is 19.1 Å². The maximum Gasteiger partial charge on any atom is 0.340 e. The molecule has 0 fully saturated rings. The second kappa shape index (κ2) is 4.97. The summed E-state index contributed by atoms with van der Waals surface area (Å²) in [5.74, 6) is -1.52. The summed E-state index contributed by atoms with van der Waals surface area (Å²) in [6, 6.07) is 4.13. The van der Waals surface area contributed by atoms with E-state index in [1.165, 1.54) is 6.07 Å². The molecule has 2 rings (SSSR count). The molecule has 0 saturated heterocycles. The van der Waals surface area contributed by atoms with Crippen LogP contribution in [0, 0.1) is 12.7 Å². The topological polar surface area (TPSA) is 101 Å². The minimum atomic E-state index is -1.30. The van der Waals surface area contributed by atoms with Gasteiger partial charge in [0.2, 0.25) is 0 Å². The van der Waals surface area contributed by atoms with Crippen molar-refractivity contribution in [2.24, 2.45) is 0 Å². The van der Waals surface area contributed by atoms with Gasteiger partial charge in [-0.15, -0.1) is 0 Å². The van der Waals surface area contributed by atoms with Gasteiger partial charge in [-0.3, -0.25) is 0 Å². The third-order valence-corrected chi connectivity index (χ3v) is 2.54. The Morgan fingerprint density at radius 2 is 2.32 bits per heavy atom. The summed E-state index contributed by atoms with van der Waals surface area (Å²) in [6.07, 6.45) is 0. The lowest BCUT2D eigenvalue weighted by Crippen LogP contribution is -2.10. The Labute approximate surface area is 108 Å². The van der Waals surface area contributed by atoms with Crippen molar-refractivity contribution in [2.45, 2.75) is 13.5 Å². The SMILES string of the molecule is Cc1cc(CNc2ccc(F)c(N)c2C(=O)O)on1. The molecule has 7 heteroatoms. The first kappa shape index (κ1) is 12.9. The molecule has 0 spiro atoms. The molecule has 6 nitrogen and oxygen atoms in total. The van der Waals surface area contributed by atoms with E-state index in [4.69, 9.17) is 15.4 Å². The van der Waals surface area contributed by atoms with Crippen molar-refractivity contribution in [3.05, 3.63) is 41.0 Å². The predicted molar refractivity (Wildman–Crippen MR) is 66.3 cm³/mol. The normalized spacial score (nSPS) is 10.4. The van der Waals surface area contributed by atoms with Crippen LogP contribution in [0.4, 0.5) is 15.8 Å². The van der Waals surface area contributed by atoms with Gasteiger partial charge in [0, 0.05) is 6.07 Å².